The standard InChI is InChI=1S/C71H130N2O9/c1-4-7-10-13-19-28-37-61-54-64(61)40-31-22-16-25-34-43-67(75)79-57-71(60-82-70(78)46-47-72-48-50-73(51-49-72)52-53-74,58-80-68(76)44-35-26-17-23-32-41-65-55-62(65)38-29-20-14-11-8-5-2)59-81-69(77)45-36-27-18-24-33-42-66-56-63(66)39-30-21-15-12-9-6-3/h61-66,74H,4-60H2,1-3H3. The molecule has 1 N–H and O–H groups in total. The van der Waals surface area contributed by atoms with Gasteiger partial charge in [-0.1, -0.05) is 252 Å². The molecule has 4 aliphatic rings. The van der Waals surface area contributed by atoms with Crippen LogP contribution in [0.5, 0.6) is 0 Å². The van der Waals surface area contributed by atoms with Crippen molar-refractivity contribution in [3.63, 3.8) is 0 Å². The number of piperazine rings is 1. The summed E-state index contributed by atoms with van der Waals surface area (Å²) in [6.45, 7) is 10.7. The van der Waals surface area contributed by atoms with Gasteiger partial charge in [0.05, 0.1) is 13.0 Å². The monoisotopic (exact) mass is 1150 g/mol. The number of unbranched alkanes of at least 4 members (excludes halogenated alkanes) is 27. The van der Waals surface area contributed by atoms with Gasteiger partial charge in [-0.05, 0) is 74.0 Å². The zero-order valence-electron chi connectivity index (χ0n) is 53.9. The summed E-state index contributed by atoms with van der Waals surface area (Å²) in [5, 5.41) is 9.39. The van der Waals surface area contributed by atoms with Crippen LogP contribution >= 0.6 is 0 Å². The van der Waals surface area contributed by atoms with Crippen molar-refractivity contribution in [2.24, 2.45) is 40.9 Å². The Balaban J connectivity index is 1.22. The van der Waals surface area contributed by atoms with Crippen LogP contribution < -0.4 is 0 Å². The molecule has 0 bridgehead atoms. The van der Waals surface area contributed by atoms with Gasteiger partial charge in [-0.25, -0.2) is 0 Å². The van der Waals surface area contributed by atoms with Crippen molar-refractivity contribution in [3.05, 3.63) is 0 Å². The molecule has 0 amide bonds. The fourth-order valence-corrected chi connectivity index (χ4v) is 13.3. The average Bonchev–Trinajstić information content (AvgIpc) is 4.52. The van der Waals surface area contributed by atoms with E-state index in [-0.39, 0.29) is 76.6 Å². The highest BCUT2D eigenvalue weighted by Gasteiger charge is 2.39. The normalized spacial score (nSPS) is 21.3. The van der Waals surface area contributed by atoms with Crippen molar-refractivity contribution < 1.29 is 43.2 Å². The summed E-state index contributed by atoms with van der Waals surface area (Å²) >= 11 is 0. The van der Waals surface area contributed by atoms with Crippen LogP contribution in [0.2, 0.25) is 0 Å². The third kappa shape index (κ3) is 36.7. The number of nitrogens with zero attached hydrogens (tertiary/aromatic N) is 2. The minimum absolute atomic E-state index is 0.133. The fourth-order valence-electron chi connectivity index (χ4n) is 13.3. The second-order valence-electron chi connectivity index (χ2n) is 27.2. The molecule has 4 fully saturated rings. The number of hydrogen-bond donors (Lipinski definition) is 1. The molecule has 1 heterocycles. The van der Waals surface area contributed by atoms with E-state index in [1.54, 1.807) is 0 Å². The van der Waals surface area contributed by atoms with E-state index in [1.807, 2.05) is 0 Å². The number of carbonyl (C=O) groups excluding carboxylic acids is 4. The molecule has 0 spiro atoms. The number of rotatable bonds is 58. The first-order valence-electron chi connectivity index (χ1n) is 35.9. The number of carbonyl (C=O) groups is 4. The van der Waals surface area contributed by atoms with Gasteiger partial charge in [0.1, 0.15) is 31.8 Å². The highest BCUT2D eigenvalue weighted by atomic mass is 16.6. The van der Waals surface area contributed by atoms with Gasteiger partial charge in [-0.15, -0.1) is 0 Å². The molecule has 1 saturated heterocycles. The van der Waals surface area contributed by atoms with E-state index >= 15 is 0 Å². The van der Waals surface area contributed by atoms with Crippen molar-refractivity contribution in [1.82, 2.24) is 9.80 Å². The van der Waals surface area contributed by atoms with Crippen molar-refractivity contribution in [3.8, 4) is 0 Å². The highest BCUT2D eigenvalue weighted by Crippen LogP contribution is 2.47. The maximum atomic E-state index is 13.5. The Kier molecular flexibility index (Phi) is 41.3. The van der Waals surface area contributed by atoms with Gasteiger partial charge in [0.2, 0.25) is 0 Å². The van der Waals surface area contributed by atoms with E-state index in [9.17, 15) is 24.3 Å². The molecular weight excluding hydrogens is 1020 g/mol. The minimum atomic E-state index is -1.24. The lowest BCUT2D eigenvalue weighted by atomic mass is 9.92. The van der Waals surface area contributed by atoms with Crippen LogP contribution in [-0.4, -0.2) is 111 Å². The smallest absolute Gasteiger partial charge is 0.307 e. The summed E-state index contributed by atoms with van der Waals surface area (Å²) < 4.78 is 23.9. The predicted octanol–water partition coefficient (Wildman–Crippen LogP) is 17.5. The summed E-state index contributed by atoms with van der Waals surface area (Å²) in [5.74, 6) is 4.26. The van der Waals surface area contributed by atoms with Gasteiger partial charge in [-0.3, -0.25) is 24.1 Å². The molecule has 82 heavy (non-hydrogen) atoms. The Bertz CT molecular complexity index is 1460. The van der Waals surface area contributed by atoms with Crippen molar-refractivity contribution in [1.29, 1.82) is 0 Å². The Morgan fingerprint density at radius 2 is 0.561 bits per heavy atom. The minimum Gasteiger partial charge on any atom is -0.465 e. The maximum Gasteiger partial charge on any atom is 0.307 e. The number of ether oxygens (including phenoxy) is 4. The van der Waals surface area contributed by atoms with E-state index in [1.165, 1.54) is 212 Å². The first-order chi connectivity index (χ1) is 40.2. The Morgan fingerprint density at radius 3 is 0.829 bits per heavy atom. The van der Waals surface area contributed by atoms with Gasteiger partial charge in [0, 0.05) is 58.5 Å². The zero-order valence-corrected chi connectivity index (χ0v) is 53.9. The summed E-state index contributed by atoms with van der Waals surface area (Å²) in [5.41, 5.74) is -1.24. The SMILES string of the molecule is CCCCCCCCC1CC1CCCCCCCC(=O)OCC(COC(=O)CCCCCCCC1CC1CCCCCCCC)(COC(=O)CCCCCCCC1CC1CCCCCCCC)COC(=O)CCN1CCN(CCO)CC1. The Hall–Kier alpha value is -2.24. The quantitative estimate of drug-likeness (QED) is 0.0355. The molecule has 4 rings (SSSR count). The zero-order chi connectivity index (χ0) is 58.6. The van der Waals surface area contributed by atoms with Crippen LogP contribution in [0.4, 0.5) is 0 Å². The van der Waals surface area contributed by atoms with Gasteiger partial charge in [0.25, 0.3) is 0 Å². The molecule has 11 nitrogen and oxygen atoms in total. The van der Waals surface area contributed by atoms with Crippen LogP contribution in [0.1, 0.15) is 316 Å². The average molecular weight is 1160 g/mol. The largest absolute Gasteiger partial charge is 0.465 e. The first-order valence-corrected chi connectivity index (χ1v) is 35.9. The Morgan fingerprint density at radius 1 is 0.329 bits per heavy atom. The van der Waals surface area contributed by atoms with Gasteiger partial charge < -0.3 is 29.0 Å². The summed E-state index contributed by atoms with van der Waals surface area (Å²) in [6.07, 6.45) is 54.2. The molecule has 3 aliphatic carbocycles. The molecule has 0 aromatic carbocycles. The second kappa shape index (κ2) is 46.9. The van der Waals surface area contributed by atoms with Crippen LogP contribution in [-0.2, 0) is 38.1 Å². The predicted molar refractivity (Wildman–Crippen MR) is 337 cm³/mol. The summed E-state index contributed by atoms with van der Waals surface area (Å²) in [4.78, 5) is 58.2. The molecular formula is C71H130N2O9. The van der Waals surface area contributed by atoms with Crippen LogP contribution in [0, 0.1) is 40.9 Å². The third-order valence-electron chi connectivity index (χ3n) is 19.5. The topological polar surface area (TPSA) is 132 Å². The summed E-state index contributed by atoms with van der Waals surface area (Å²) in [7, 11) is 0. The lowest BCUT2D eigenvalue weighted by Crippen LogP contribution is -2.47. The molecule has 1 aliphatic heterocycles. The van der Waals surface area contributed by atoms with Crippen LogP contribution in [0.3, 0.4) is 0 Å². The van der Waals surface area contributed by atoms with Gasteiger partial charge in [-0.2, -0.15) is 0 Å². The molecule has 478 valence electrons. The molecule has 6 unspecified atom stereocenters. The maximum absolute atomic E-state index is 13.5. The highest BCUT2D eigenvalue weighted by molar-refractivity contribution is 5.71. The molecule has 3 saturated carbocycles. The number of aliphatic hydroxyl groups excluding tert-OH is 1. The number of aliphatic hydroxyl groups is 1. The summed E-state index contributed by atoms with van der Waals surface area (Å²) in [6, 6.07) is 0. The molecule has 11 heteroatoms. The molecule has 0 aromatic heterocycles. The lowest BCUT2D eigenvalue weighted by Gasteiger charge is -2.34. The van der Waals surface area contributed by atoms with Gasteiger partial charge in [0.15, 0.2) is 0 Å². The van der Waals surface area contributed by atoms with Crippen LogP contribution in [0.25, 0.3) is 0 Å². The second-order valence-corrected chi connectivity index (χ2v) is 27.2. The number of β-amino-alcohol motifs (C(OH)–C–C–N with tert-alkyl or cyclic N) is 1. The molecule has 0 radical (unpaired) electrons. The number of esters is 4. The van der Waals surface area contributed by atoms with E-state index < -0.39 is 11.4 Å². The fraction of sp³-hybridized carbons (Fsp3) is 0.944. The lowest BCUT2D eigenvalue weighted by molar-refractivity contribution is -0.171. The Labute approximate surface area is 504 Å². The number of hydrogen-bond acceptors (Lipinski definition) is 11. The van der Waals surface area contributed by atoms with E-state index in [2.05, 4.69) is 30.6 Å². The van der Waals surface area contributed by atoms with Gasteiger partial charge >= 0.3 is 23.9 Å². The first kappa shape index (κ1) is 72.2. The van der Waals surface area contributed by atoms with E-state index in [0.717, 1.165) is 119 Å². The molecule has 6 atom stereocenters. The van der Waals surface area contributed by atoms with Crippen molar-refractivity contribution in [2.45, 2.75) is 316 Å². The van der Waals surface area contributed by atoms with E-state index in [0.29, 0.717) is 13.1 Å². The van der Waals surface area contributed by atoms with Crippen molar-refractivity contribution >= 4 is 23.9 Å². The van der Waals surface area contributed by atoms with E-state index in [4.69, 9.17) is 18.9 Å². The van der Waals surface area contributed by atoms with Crippen LogP contribution in [0.15, 0.2) is 0 Å². The third-order valence-corrected chi connectivity index (χ3v) is 19.5. The van der Waals surface area contributed by atoms with Crippen molar-refractivity contribution in [2.75, 3.05) is 72.3 Å². The molecule has 0 aromatic rings.